The third-order valence-corrected chi connectivity index (χ3v) is 4.84. The fourth-order valence-electron chi connectivity index (χ4n) is 3.38. The first-order valence-electron chi connectivity index (χ1n) is 8.51. The Balaban J connectivity index is 1.67. The highest BCUT2D eigenvalue weighted by atomic mass is 19.1. The first-order valence-corrected chi connectivity index (χ1v) is 8.51. The fourth-order valence-corrected chi connectivity index (χ4v) is 3.38. The molecule has 5 heteroatoms. The van der Waals surface area contributed by atoms with Crippen LogP contribution in [0.25, 0.3) is 0 Å². The molecular formula is C20H24FNO3. The van der Waals surface area contributed by atoms with E-state index in [0.29, 0.717) is 25.2 Å². The minimum absolute atomic E-state index is 0.150. The summed E-state index contributed by atoms with van der Waals surface area (Å²) in [6.45, 7) is 0.991. The first-order chi connectivity index (χ1) is 12.1. The van der Waals surface area contributed by atoms with E-state index in [1.165, 1.54) is 6.07 Å². The summed E-state index contributed by atoms with van der Waals surface area (Å²) in [7, 11) is 0. The fraction of sp³-hybridized carbons (Fsp3) is 0.400. The third kappa shape index (κ3) is 4.07. The van der Waals surface area contributed by atoms with E-state index in [4.69, 9.17) is 15.2 Å². The number of aliphatic hydroxyl groups is 1. The molecular weight excluding hydrogens is 321 g/mol. The predicted octanol–water partition coefficient (Wildman–Crippen LogP) is 2.59. The lowest BCUT2D eigenvalue weighted by atomic mass is 9.74. The minimum atomic E-state index is -0.973. The number of rotatable bonds is 6. The zero-order valence-corrected chi connectivity index (χ0v) is 14.1. The molecule has 3 atom stereocenters. The number of nitrogens with two attached hydrogens (primary N) is 1. The lowest BCUT2D eigenvalue weighted by molar-refractivity contribution is -0.105. The van der Waals surface area contributed by atoms with Crippen molar-refractivity contribution in [2.45, 2.75) is 24.7 Å². The van der Waals surface area contributed by atoms with Gasteiger partial charge in [-0.05, 0) is 18.1 Å². The Labute approximate surface area is 147 Å². The first kappa shape index (κ1) is 18.0. The third-order valence-electron chi connectivity index (χ3n) is 4.84. The maximum Gasteiger partial charge on any atom is 0.128 e. The molecule has 0 amide bonds. The monoisotopic (exact) mass is 345 g/mol. The Morgan fingerprint density at radius 3 is 2.60 bits per heavy atom. The van der Waals surface area contributed by atoms with E-state index in [9.17, 15) is 9.50 Å². The van der Waals surface area contributed by atoms with Gasteiger partial charge in [-0.15, -0.1) is 0 Å². The second-order valence-corrected chi connectivity index (χ2v) is 6.56. The average Bonchev–Trinajstić information content (AvgIpc) is 2.63. The van der Waals surface area contributed by atoms with Crippen LogP contribution < -0.4 is 5.73 Å². The van der Waals surface area contributed by atoms with Gasteiger partial charge in [-0.1, -0.05) is 48.5 Å². The molecule has 1 aliphatic heterocycles. The lowest BCUT2D eigenvalue weighted by Gasteiger charge is -2.44. The molecule has 3 rings (SSSR count). The number of ether oxygens (including phenoxy) is 2. The SMILES string of the molecule is N[C@]1(c2ccccc2F)C[C@H](COCc2ccccc2)OC[C@H]1CO. The summed E-state index contributed by atoms with van der Waals surface area (Å²) in [6, 6.07) is 16.4. The van der Waals surface area contributed by atoms with Crippen molar-refractivity contribution >= 4 is 0 Å². The van der Waals surface area contributed by atoms with Crippen molar-refractivity contribution < 1.29 is 19.0 Å². The van der Waals surface area contributed by atoms with Gasteiger partial charge in [0.25, 0.3) is 0 Å². The summed E-state index contributed by atoms with van der Waals surface area (Å²) in [4.78, 5) is 0. The zero-order chi connectivity index (χ0) is 17.7. The van der Waals surface area contributed by atoms with E-state index in [1.54, 1.807) is 18.2 Å². The molecule has 1 aliphatic rings. The van der Waals surface area contributed by atoms with Gasteiger partial charge in [-0.3, -0.25) is 0 Å². The predicted molar refractivity (Wildman–Crippen MR) is 93.3 cm³/mol. The van der Waals surface area contributed by atoms with Crippen molar-refractivity contribution in [1.82, 2.24) is 0 Å². The van der Waals surface area contributed by atoms with Gasteiger partial charge in [0.05, 0.1) is 38.1 Å². The largest absolute Gasteiger partial charge is 0.396 e. The molecule has 0 radical (unpaired) electrons. The highest BCUT2D eigenvalue weighted by molar-refractivity contribution is 5.28. The topological polar surface area (TPSA) is 64.7 Å². The standard InChI is InChI=1S/C20H24FNO3/c21-19-9-5-4-8-18(19)20(22)10-17(25-13-16(20)11-23)14-24-12-15-6-2-1-3-7-15/h1-9,16-17,23H,10-14,22H2/t16-,17-,20-/m1/s1. The van der Waals surface area contributed by atoms with Crippen molar-refractivity contribution in [1.29, 1.82) is 0 Å². The van der Waals surface area contributed by atoms with Gasteiger partial charge in [-0.2, -0.15) is 0 Å². The highest BCUT2D eigenvalue weighted by Crippen LogP contribution is 2.38. The molecule has 0 saturated carbocycles. The van der Waals surface area contributed by atoms with Crippen molar-refractivity contribution in [2.24, 2.45) is 11.7 Å². The Hall–Kier alpha value is -1.79. The molecule has 0 spiro atoms. The average molecular weight is 345 g/mol. The Morgan fingerprint density at radius 2 is 1.88 bits per heavy atom. The second-order valence-electron chi connectivity index (χ2n) is 6.56. The molecule has 2 aromatic carbocycles. The van der Waals surface area contributed by atoms with Gasteiger partial charge >= 0.3 is 0 Å². The maximum absolute atomic E-state index is 14.3. The smallest absolute Gasteiger partial charge is 0.128 e. The molecule has 25 heavy (non-hydrogen) atoms. The quantitative estimate of drug-likeness (QED) is 0.845. The van der Waals surface area contributed by atoms with E-state index < -0.39 is 5.54 Å². The molecule has 3 N–H and O–H groups in total. The van der Waals surface area contributed by atoms with E-state index in [2.05, 4.69) is 0 Å². The van der Waals surface area contributed by atoms with Gasteiger partial charge in [-0.25, -0.2) is 4.39 Å². The van der Waals surface area contributed by atoms with Crippen LogP contribution in [0.1, 0.15) is 17.5 Å². The van der Waals surface area contributed by atoms with Gasteiger partial charge < -0.3 is 20.3 Å². The summed E-state index contributed by atoms with van der Waals surface area (Å²) in [5.41, 5.74) is 7.11. The van der Waals surface area contributed by atoms with E-state index in [1.807, 2.05) is 30.3 Å². The number of hydrogen-bond donors (Lipinski definition) is 2. The minimum Gasteiger partial charge on any atom is -0.396 e. The molecule has 4 nitrogen and oxygen atoms in total. The number of halogens is 1. The van der Waals surface area contributed by atoms with Gasteiger partial charge in [0.2, 0.25) is 0 Å². The summed E-state index contributed by atoms with van der Waals surface area (Å²) < 4.78 is 25.8. The number of hydrogen-bond acceptors (Lipinski definition) is 4. The molecule has 1 heterocycles. The van der Waals surface area contributed by atoms with E-state index >= 15 is 0 Å². The van der Waals surface area contributed by atoms with Crippen LogP contribution in [-0.4, -0.2) is 31.0 Å². The highest BCUT2D eigenvalue weighted by Gasteiger charge is 2.44. The van der Waals surface area contributed by atoms with Gasteiger partial charge in [0, 0.05) is 11.5 Å². The van der Waals surface area contributed by atoms with Crippen molar-refractivity contribution in [3.05, 3.63) is 71.5 Å². The summed E-state index contributed by atoms with van der Waals surface area (Å²) in [5, 5.41) is 9.68. The Morgan fingerprint density at radius 1 is 1.16 bits per heavy atom. The molecule has 0 aliphatic carbocycles. The van der Waals surface area contributed by atoms with Crippen LogP contribution in [0.4, 0.5) is 4.39 Å². The van der Waals surface area contributed by atoms with Crippen LogP contribution in [0.3, 0.4) is 0 Å². The van der Waals surface area contributed by atoms with Crippen LogP contribution in [0.5, 0.6) is 0 Å². The van der Waals surface area contributed by atoms with Gasteiger partial charge in [0.15, 0.2) is 0 Å². The molecule has 134 valence electrons. The van der Waals surface area contributed by atoms with Crippen LogP contribution in [-0.2, 0) is 21.6 Å². The molecule has 1 saturated heterocycles. The Kier molecular flexibility index (Phi) is 5.81. The molecule has 1 fully saturated rings. The molecule has 0 unspecified atom stereocenters. The maximum atomic E-state index is 14.3. The zero-order valence-electron chi connectivity index (χ0n) is 14.1. The lowest BCUT2D eigenvalue weighted by Crippen LogP contribution is -2.55. The van der Waals surface area contributed by atoms with Crippen molar-refractivity contribution in [2.75, 3.05) is 19.8 Å². The molecule has 0 bridgehead atoms. The summed E-state index contributed by atoms with van der Waals surface area (Å²) in [6.07, 6.45) is 0.157. The van der Waals surface area contributed by atoms with Crippen molar-refractivity contribution in [3.63, 3.8) is 0 Å². The van der Waals surface area contributed by atoms with Gasteiger partial charge in [0.1, 0.15) is 5.82 Å². The summed E-state index contributed by atoms with van der Waals surface area (Å²) in [5.74, 6) is -0.705. The van der Waals surface area contributed by atoms with Crippen LogP contribution in [0, 0.1) is 11.7 Å². The normalized spacial score (nSPS) is 26.5. The van der Waals surface area contributed by atoms with Crippen LogP contribution in [0.2, 0.25) is 0 Å². The van der Waals surface area contributed by atoms with Crippen LogP contribution in [0.15, 0.2) is 54.6 Å². The van der Waals surface area contributed by atoms with E-state index in [-0.39, 0.29) is 31.1 Å². The number of benzene rings is 2. The molecule has 0 aromatic heterocycles. The van der Waals surface area contributed by atoms with Crippen LogP contribution >= 0.6 is 0 Å². The van der Waals surface area contributed by atoms with Crippen molar-refractivity contribution in [3.8, 4) is 0 Å². The Bertz CT molecular complexity index is 682. The number of aliphatic hydroxyl groups excluding tert-OH is 1. The molecule has 2 aromatic rings. The summed E-state index contributed by atoms with van der Waals surface area (Å²) >= 11 is 0. The van der Waals surface area contributed by atoms with E-state index in [0.717, 1.165) is 5.56 Å². The second kappa shape index (κ2) is 8.06.